The molecule has 23 heavy (non-hydrogen) atoms. The van der Waals surface area contributed by atoms with E-state index in [0.29, 0.717) is 12.6 Å². The van der Waals surface area contributed by atoms with Crippen molar-refractivity contribution >= 4 is 18.3 Å². The monoisotopic (exact) mass is 340 g/mol. The van der Waals surface area contributed by atoms with Crippen LogP contribution in [-0.2, 0) is 4.79 Å². The Bertz CT molecular complexity index is 501. The van der Waals surface area contributed by atoms with Crippen LogP contribution in [0.3, 0.4) is 0 Å². The van der Waals surface area contributed by atoms with Gasteiger partial charge in [-0.1, -0.05) is 18.2 Å². The van der Waals surface area contributed by atoms with Crippen LogP contribution in [-0.4, -0.2) is 31.1 Å². The van der Waals surface area contributed by atoms with Crippen LogP contribution in [0.15, 0.2) is 18.2 Å². The van der Waals surface area contributed by atoms with Crippen molar-refractivity contribution in [1.29, 1.82) is 0 Å². The van der Waals surface area contributed by atoms with Gasteiger partial charge in [-0.3, -0.25) is 4.79 Å². The second kappa shape index (κ2) is 9.14. The largest absolute Gasteiger partial charge is 0.491 e. The fourth-order valence-electron chi connectivity index (χ4n) is 3.01. The summed E-state index contributed by atoms with van der Waals surface area (Å²) in [4.78, 5) is 12.3. The molecule has 2 rings (SSSR count). The number of aryl methyl sites for hydroxylation is 2. The quantitative estimate of drug-likeness (QED) is 0.866. The highest BCUT2D eigenvalue weighted by Gasteiger charge is 2.25. The van der Waals surface area contributed by atoms with Crippen LogP contribution in [0.2, 0.25) is 0 Å². The number of para-hydroxylation sites is 1. The highest BCUT2D eigenvalue weighted by atomic mass is 35.5. The Balaban J connectivity index is 0.00000264. The van der Waals surface area contributed by atoms with Gasteiger partial charge in [0, 0.05) is 12.0 Å². The third-order valence-corrected chi connectivity index (χ3v) is 4.27. The minimum Gasteiger partial charge on any atom is -0.491 e. The molecule has 1 amide bonds. The zero-order valence-corrected chi connectivity index (χ0v) is 15.3. The van der Waals surface area contributed by atoms with Crippen LogP contribution in [0, 0.1) is 19.8 Å². The van der Waals surface area contributed by atoms with E-state index in [-0.39, 0.29) is 30.3 Å². The Morgan fingerprint density at radius 1 is 1.39 bits per heavy atom. The first-order valence-electron chi connectivity index (χ1n) is 8.20. The minimum absolute atomic E-state index is 0. The molecule has 1 heterocycles. The molecule has 0 spiro atoms. The molecular weight excluding hydrogens is 312 g/mol. The number of carbonyl (C=O) groups is 1. The van der Waals surface area contributed by atoms with Gasteiger partial charge in [0.15, 0.2) is 0 Å². The van der Waals surface area contributed by atoms with Gasteiger partial charge in [-0.15, -0.1) is 12.4 Å². The van der Waals surface area contributed by atoms with Gasteiger partial charge < -0.3 is 15.4 Å². The van der Waals surface area contributed by atoms with E-state index in [1.54, 1.807) is 0 Å². The van der Waals surface area contributed by atoms with Gasteiger partial charge in [0.05, 0.1) is 6.04 Å². The summed E-state index contributed by atoms with van der Waals surface area (Å²) in [6.07, 6.45) is 1.83. The van der Waals surface area contributed by atoms with Crippen LogP contribution >= 0.6 is 12.4 Å². The molecule has 1 saturated heterocycles. The molecule has 2 N–H and O–H groups in total. The second-order valence-electron chi connectivity index (χ2n) is 6.52. The smallest absolute Gasteiger partial charge is 0.223 e. The van der Waals surface area contributed by atoms with Crippen molar-refractivity contribution in [3.05, 3.63) is 29.3 Å². The summed E-state index contributed by atoms with van der Waals surface area (Å²) in [5.74, 6) is 1.21. The number of amides is 1. The van der Waals surface area contributed by atoms with Crippen molar-refractivity contribution in [2.24, 2.45) is 5.92 Å². The molecule has 1 unspecified atom stereocenters. The Morgan fingerprint density at radius 2 is 2.04 bits per heavy atom. The first-order valence-corrected chi connectivity index (χ1v) is 8.20. The average molecular weight is 341 g/mol. The summed E-state index contributed by atoms with van der Waals surface area (Å²) < 4.78 is 5.91. The Hall–Kier alpha value is -1.26. The van der Waals surface area contributed by atoms with Crippen molar-refractivity contribution in [2.75, 3.05) is 13.2 Å². The van der Waals surface area contributed by atoms with E-state index in [4.69, 9.17) is 4.74 Å². The van der Waals surface area contributed by atoms with Gasteiger partial charge in [0.2, 0.25) is 5.91 Å². The average Bonchev–Trinajstić information content (AvgIpc) is 2.46. The normalized spacial score (nSPS) is 21.9. The molecule has 1 fully saturated rings. The standard InChI is InChI=1S/C18H28N2O2.ClH/c1-12-6-5-7-13(2)17(12)22-11-15(4)20-18(21)16-8-9-19-14(3)10-16;/h5-7,14-16,19H,8-11H2,1-4H3,(H,20,21);1H/t14-,15?,16-;/m0./s1. The van der Waals surface area contributed by atoms with Crippen molar-refractivity contribution < 1.29 is 9.53 Å². The second-order valence-corrected chi connectivity index (χ2v) is 6.52. The maximum absolute atomic E-state index is 12.3. The molecule has 3 atom stereocenters. The zero-order valence-electron chi connectivity index (χ0n) is 14.5. The number of nitrogens with one attached hydrogen (secondary N) is 2. The summed E-state index contributed by atoms with van der Waals surface area (Å²) in [5.41, 5.74) is 2.26. The molecule has 1 aromatic rings. The molecule has 0 aromatic heterocycles. The predicted octanol–water partition coefficient (Wildman–Crippen LogP) is 3.00. The Morgan fingerprint density at radius 3 is 2.65 bits per heavy atom. The van der Waals surface area contributed by atoms with Gasteiger partial charge in [0.25, 0.3) is 0 Å². The number of hydrogen-bond donors (Lipinski definition) is 2. The summed E-state index contributed by atoms with van der Waals surface area (Å²) in [6.45, 7) is 9.64. The highest BCUT2D eigenvalue weighted by Crippen LogP contribution is 2.22. The van der Waals surface area contributed by atoms with Crippen molar-refractivity contribution in [1.82, 2.24) is 10.6 Å². The number of ether oxygens (including phenoxy) is 1. The van der Waals surface area contributed by atoms with Crippen LogP contribution in [0.1, 0.15) is 37.8 Å². The molecule has 0 saturated carbocycles. The molecule has 5 heteroatoms. The molecular formula is C18H29ClN2O2. The van der Waals surface area contributed by atoms with Gasteiger partial charge in [-0.2, -0.15) is 0 Å². The van der Waals surface area contributed by atoms with E-state index >= 15 is 0 Å². The number of hydrogen-bond acceptors (Lipinski definition) is 3. The molecule has 1 aromatic carbocycles. The lowest BCUT2D eigenvalue weighted by Gasteiger charge is -2.28. The molecule has 0 bridgehead atoms. The SMILES string of the molecule is Cc1cccc(C)c1OCC(C)NC(=O)[C@H]1CCN[C@@H](C)C1.Cl. The summed E-state index contributed by atoms with van der Waals surface area (Å²) in [6, 6.07) is 6.55. The lowest BCUT2D eigenvalue weighted by atomic mass is 9.92. The number of benzene rings is 1. The van der Waals surface area contributed by atoms with E-state index < -0.39 is 0 Å². The molecule has 0 aliphatic carbocycles. The molecule has 1 aliphatic heterocycles. The van der Waals surface area contributed by atoms with Crippen LogP contribution in [0.5, 0.6) is 5.75 Å². The number of rotatable bonds is 5. The van der Waals surface area contributed by atoms with E-state index in [0.717, 1.165) is 36.3 Å². The van der Waals surface area contributed by atoms with Gasteiger partial charge in [-0.05, 0) is 58.2 Å². The van der Waals surface area contributed by atoms with E-state index in [9.17, 15) is 4.79 Å². The van der Waals surface area contributed by atoms with Crippen molar-refractivity contribution in [3.8, 4) is 5.75 Å². The van der Waals surface area contributed by atoms with Crippen LogP contribution in [0.4, 0.5) is 0 Å². The maximum atomic E-state index is 12.3. The molecule has 4 nitrogen and oxygen atoms in total. The summed E-state index contributed by atoms with van der Waals surface area (Å²) in [5, 5.41) is 6.46. The lowest BCUT2D eigenvalue weighted by molar-refractivity contribution is -0.126. The first-order chi connectivity index (χ1) is 10.5. The third kappa shape index (κ3) is 5.70. The molecule has 130 valence electrons. The highest BCUT2D eigenvalue weighted by molar-refractivity contribution is 5.85. The van der Waals surface area contributed by atoms with E-state index in [1.807, 2.05) is 39.0 Å². The van der Waals surface area contributed by atoms with E-state index in [2.05, 4.69) is 17.6 Å². The fraction of sp³-hybridized carbons (Fsp3) is 0.611. The first kappa shape index (κ1) is 19.8. The summed E-state index contributed by atoms with van der Waals surface area (Å²) >= 11 is 0. The predicted molar refractivity (Wildman–Crippen MR) is 96.5 cm³/mol. The third-order valence-electron chi connectivity index (χ3n) is 4.27. The van der Waals surface area contributed by atoms with E-state index in [1.165, 1.54) is 0 Å². The lowest BCUT2D eigenvalue weighted by Crippen LogP contribution is -2.45. The number of halogens is 1. The van der Waals surface area contributed by atoms with Gasteiger partial charge >= 0.3 is 0 Å². The Labute approximate surface area is 145 Å². The number of piperidine rings is 1. The molecule has 0 radical (unpaired) electrons. The van der Waals surface area contributed by atoms with Gasteiger partial charge in [0.1, 0.15) is 12.4 Å². The topological polar surface area (TPSA) is 50.4 Å². The van der Waals surface area contributed by atoms with Crippen molar-refractivity contribution in [3.63, 3.8) is 0 Å². The van der Waals surface area contributed by atoms with Crippen LogP contribution < -0.4 is 15.4 Å². The summed E-state index contributed by atoms with van der Waals surface area (Å²) in [7, 11) is 0. The fourth-order valence-corrected chi connectivity index (χ4v) is 3.01. The minimum atomic E-state index is 0. The van der Waals surface area contributed by atoms with Crippen LogP contribution in [0.25, 0.3) is 0 Å². The van der Waals surface area contributed by atoms with Gasteiger partial charge in [-0.25, -0.2) is 0 Å². The zero-order chi connectivity index (χ0) is 16.1. The number of carbonyl (C=O) groups excluding carboxylic acids is 1. The Kier molecular flexibility index (Phi) is 7.86. The molecule has 1 aliphatic rings. The maximum Gasteiger partial charge on any atom is 0.223 e. The van der Waals surface area contributed by atoms with Crippen molar-refractivity contribution in [2.45, 2.75) is 52.6 Å².